The molecule has 0 radical (unpaired) electrons. The number of halogens is 2. The quantitative estimate of drug-likeness (QED) is 0.291. The molecule has 226 valence electrons. The van der Waals surface area contributed by atoms with Crippen molar-refractivity contribution in [2.24, 2.45) is 7.05 Å². The predicted octanol–water partition coefficient (Wildman–Crippen LogP) is 2.91. The minimum Gasteiger partial charge on any atom is -0.434 e. The number of urea groups is 1. The number of fused-ring (bicyclic) bond motifs is 2. The zero-order valence-corrected chi connectivity index (χ0v) is 23.8. The summed E-state index contributed by atoms with van der Waals surface area (Å²) in [5, 5.41) is 3.37. The normalized spacial score (nSPS) is 16.5. The van der Waals surface area contributed by atoms with Gasteiger partial charge in [0.1, 0.15) is 5.75 Å². The third-order valence-electron chi connectivity index (χ3n) is 8.23. The summed E-state index contributed by atoms with van der Waals surface area (Å²) in [6, 6.07) is 10.6. The van der Waals surface area contributed by atoms with E-state index in [1.54, 1.807) is 48.8 Å². The average molecular weight is 602 g/mol. The molecule has 3 aromatic heterocycles. The highest BCUT2D eigenvalue weighted by atomic mass is 19.3. The van der Waals surface area contributed by atoms with E-state index in [0.717, 1.165) is 16.7 Å². The maximum Gasteiger partial charge on any atom is 0.387 e. The van der Waals surface area contributed by atoms with Gasteiger partial charge in [0.25, 0.3) is 5.56 Å². The lowest BCUT2D eigenvalue weighted by Gasteiger charge is -2.36. The van der Waals surface area contributed by atoms with Gasteiger partial charge in [0.15, 0.2) is 0 Å². The van der Waals surface area contributed by atoms with E-state index in [-0.39, 0.29) is 29.9 Å². The topological polar surface area (TPSA) is 115 Å². The zero-order chi connectivity index (χ0) is 30.4. The van der Waals surface area contributed by atoms with Gasteiger partial charge in [-0.25, -0.2) is 19.7 Å². The lowest BCUT2D eigenvalue weighted by molar-refractivity contribution is -0.0505. The number of hydrogen-bond donors (Lipinski definition) is 1. The molecule has 2 aromatic carbocycles. The lowest BCUT2D eigenvalue weighted by atomic mass is 10.1. The van der Waals surface area contributed by atoms with Crippen LogP contribution < -0.4 is 20.5 Å². The molecule has 0 bridgehead atoms. The summed E-state index contributed by atoms with van der Waals surface area (Å²) in [6.45, 7) is 0.149. The van der Waals surface area contributed by atoms with Gasteiger partial charge >= 0.3 is 12.6 Å². The van der Waals surface area contributed by atoms with Crippen LogP contribution in [0.25, 0.3) is 22.0 Å². The number of ether oxygens (including phenoxy) is 1. The van der Waals surface area contributed by atoms with Crippen molar-refractivity contribution in [3.05, 3.63) is 89.0 Å². The highest BCUT2D eigenvalue weighted by molar-refractivity contribution is 5.84. The largest absolute Gasteiger partial charge is 0.434 e. The number of nitrogens with zero attached hydrogens (tertiary/aromatic N) is 8. The second kappa shape index (κ2) is 11.1. The maximum absolute atomic E-state index is 13.3. The molecule has 5 heterocycles. The van der Waals surface area contributed by atoms with Crippen molar-refractivity contribution in [2.75, 3.05) is 31.1 Å². The highest BCUT2D eigenvalue weighted by Gasteiger charge is 2.36. The monoisotopic (exact) mass is 601 g/mol. The number of carbonyl (C=O) groups is 1. The van der Waals surface area contributed by atoms with Crippen molar-refractivity contribution in [1.29, 1.82) is 0 Å². The molecule has 0 saturated carbocycles. The number of benzene rings is 2. The van der Waals surface area contributed by atoms with Gasteiger partial charge in [-0.15, -0.1) is 0 Å². The maximum atomic E-state index is 13.3. The lowest BCUT2D eigenvalue weighted by Crippen LogP contribution is -2.52. The van der Waals surface area contributed by atoms with E-state index < -0.39 is 6.61 Å². The van der Waals surface area contributed by atoms with Crippen LogP contribution in [0, 0.1) is 0 Å². The number of hydrogen-bond acceptors (Lipinski definition) is 7. The predicted molar refractivity (Wildman–Crippen MR) is 158 cm³/mol. The summed E-state index contributed by atoms with van der Waals surface area (Å²) >= 11 is 0. The molecule has 14 heteroatoms. The summed E-state index contributed by atoms with van der Waals surface area (Å²) in [5.41, 5.74) is 3.37. The van der Waals surface area contributed by atoms with Crippen molar-refractivity contribution in [1.82, 2.24) is 39.1 Å². The van der Waals surface area contributed by atoms with E-state index >= 15 is 0 Å². The molecule has 44 heavy (non-hydrogen) atoms. The first-order chi connectivity index (χ1) is 21.3. The van der Waals surface area contributed by atoms with Gasteiger partial charge in [0.05, 0.1) is 29.8 Å². The van der Waals surface area contributed by atoms with Crippen LogP contribution in [0.15, 0.2) is 72.3 Å². The number of rotatable bonds is 8. The summed E-state index contributed by atoms with van der Waals surface area (Å²) < 4.78 is 36.6. The molecule has 0 aliphatic carbocycles. The molecule has 2 amide bonds. The number of piperazine rings is 1. The van der Waals surface area contributed by atoms with Crippen LogP contribution in [-0.4, -0.2) is 78.6 Å². The van der Waals surface area contributed by atoms with Crippen molar-refractivity contribution in [2.45, 2.75) is 25.7 Å². The second-order valence-electron chi connectivity index (χ2n) is 10.9. The van der Waals surface area contributed by atoms with Gasteiger partial charge in [-0.3, -0.25) is 14.2 Å². The van der Waals surface area contributed by atoms with E-state index in [0.29, 0.717) is 55.1 Å². The Morgan fingerprint density at radius 3 is 2.66 bits per heavy atom. The van der Waals surface area contributed by atoms with E-state index in [1.165, 1.54) is 10.7 Å². The van der Waals surface area contributed by atoms with E-state index in [2.05, 4.69) is 25.2 Å². The number of anilines is 1. The van der Waals surface area contributed by atoms with Gasteiger partial charge in [-0.05, 0) is 35.4 Å². The highest BCUT2D eigenvalue weighted by Crippen LogP contribution is 2.28. The van der Waals surface area contributed by atoms with Gasteiger partial charge in [-0.2, -0.15) is 8.78 Å². The summed E-state index contributed by atoms with van der Waals surface area (Å²) in [4.78, 5) is 42.3. The standard InChI is InChI=1S/C30H29F2N9O3/c1-37-27(42)24-4-3-20(22-12-34-29(35-13-22)39-8-9-40-23(17-39)14-36-30(40)43)11-25(24)41(37)16-21-10-19(15-38-7-6-33-18-38)2-5-26(21)44-28(31)32/h2-7,10-13,18,23,28H,8-9,14-17H2,1H3,(H,36,43)/t23-/m0/s1. The smallest absolute Gasteiger partial charge is 0.387 e. The van der Waals surface area contributed by atoms with Crippen molar-refractivity contribution >= 4 is 22.9 Å². The first-order valence-electron chi connectivity index (χ1n) is 14.2. The third-order valence-corrected chi connectivity index (χ3v) is 8.23. The van der Waals surface area contributed by atoms with Crippen molar-refractivity contribution < 1.29 is 18.3 Å². The molecule has 2 saturated heterocycles. The van der Waals surface area contributed by atoms with Crippen LogP contribution in [0.4, 0.5) is 19.5 Å². The number of amides is 2. The van der Waals surface area contributed by atoms with Crippen molar-refractivity contribution in [3.63, 3.8) is 0 Å². The van der Waals surface area contributed by atoms with Crippen LogP contribution in [0.2, 0.25) is 0 Å². The summed E-state index contributed by atoms with van der Waals surface area (Å²) in [5.74, 6) is 0.634. The Balaban J connectivity index is 1.19. The van der Waals surface area contributed by atoms with E-state index in [9.17, 15) is 18.4 Å². The molecule has 2 aliphatic rings. The minimum absolute atomic E-state index is 0.0272. The molecular formula is C30H29F2N9O3. The SMILES string of the molecule is Cn1c(=O)c2ccc(-c3cnc(N4CCN5C(=O)NC[C@H]5C4)nc3)cc2n1Cc1cc(Cn2ccnc2)ccc1OC(F)F. The van der Waals surface area contributed by atoms with Crippen LogP contribution in [-0.2, 0) is 20.1 Å². The Morgan fingerprint density at radius 1 is 1.05 bits per heavy atom. The van der Waals surface area contributed by atoms with Gasteiger partial charge < -0.3 is 24.4 Å². The number of imidazole rings is 1. The molecule has 0 spiro atoms. The zero-order valence-electron chi connectivity index (χ0n) is 23.8. The third kappa shape index (κ3) is 5.12. The average Bonchev–Trinajstić information content (AvgIpc) is 3.74. The molecular weight excluding hydrogens is 572 g/mol. The Morgan fingerprint density at radius 2 is 1.89 bits per heavy atom. The molecule has 7 rings (SSSR count). The number of aromatic nitrogens is 6. The van der Waals surface area contributed by atoms with Gasteiger partial charge in [0, 0.05) is 75.7 Å². The number of carbonyl (C=O) groups excluding carboxylic acids is 1. The Labute approximate surface area is 250 Å². The fourth-order valence-corrected chi connectivity index (χ4v) is 5.98. The van der Waals surface area contributed by atoms with Crippen molar-refractivity contribution in [3.8, 4) is 16.9 Å². The molecule has 2 fully saturated rings. The molecule has 5 aromatic rings. The van der Waals surface area contributed by atoms with Crippen LogP contribution >= 0.6 is 0 Å². The fourth-order valence-electron chi connectivity index (χ4n) is 5.98. The molecule has 2 aliphatic heterocycles. The summed E-state index contributed by atoms with van der Waals surface area (Å²) in [7, 11) is 1.65. The van der Waals surface area contributed by atoms with Crippen LogP contribution in [0.5, 0.6) is 5.75 Å². The van der Waals surface area contributed by atoms with E-state index in [1.807, 2.05) is 33.9 Å². The Kier molecular flexibility index (Phi) is 6.95. The van der Waals surface area contributed by atoms with Crippen LogP contribution in [0.1, 0.15) is 11.1 Å². The molecule has 1 atom stereocenters. The first kappa shape index (κ1) is 27.6. The Bertz CT molecular complexity index is 1890. The van der Waals surface area contributed by atoms with E-state index in [4.69, 9.17) is 4.74 Å². The Hall–Kier alpha value is -5.27. The molecule has 1 N–H and O–H groups in total. The van der Waals surface area contributed by atoms with Gasteiger partial charge in [0.2, 0.25) is 5.95 Å². The number of nitrogens with one attached hydrogen (secondary N) is 1. The molecule has 0 unspecified atom stereocenters. The van der Waals surface area contributed by atoms with Crippen LogP contribution in [0.3, 0.4) is 0 Å². The fraction of sp³-hybridized carbons (Fsp3) is 0.300. The minimum atomic E-state index is -2.99. The number of alkyl halides is 2. The molecule has 12 nitrogen and oxygen atoms in total. The summed E-state index contributed by atoms with van der Waals surface area (Å²) in [6.07, 6.45) is 8.66. The first-order valence-corrected chi connectivity index (χ1v) is 14.2. The van der Waals surface area contributed by atoms with Gasteiger partial charge in [-0.1, -0.05) is 12.1 Å². The second-order valence-corrected chi connectivity index (χ2v) is 10.9.